The number of nitrogens with two attached hydrogens (primary N) is 1. The molecule has 1 aromatic rings. The van der Waals surface area contributed by atoms with Gasteiger partial charge >= 0.3 is 0 Å². The smallest absolute Gasteiger partial charge is 0.131 e. The van der Waals surface area contributed by atoms with Crippen molar-refractivity contribution in [1.29, 1.82) is 0 Å². The molecular formula is C10H12FNO. The summed E-state index contributed by atoms with van der Waals surface area (Å²) in [5.74, 6) is -0.580. The number of aromatic hydroxyl groups is 1. The van der Waals surface area contributed by atoms with Crippen LogP contribution in [0.1, 0.15) is 18.0 Å². The van der Waals surface area contributed by atoms with Crippen LogP contribution in [0.4, 0.5) is 4.39 Å². The van der Waals surface area contributed by atoms with Gasteiger partial charge in [0.2, 0.25) is 0 Å². The highest BCUT2D eigenvalue weighted by Crippen LogP contribution is 2.27. The van der Waals surface area contributed by atoms with Gasteiger partial charge in [-0.05, 0) is 18.6 Å². The summed E-state index contributed by atoms with van der Waals surface area (Å²) in [5, 5.41) is 9.33. The topological polar surface area (TPSA) is 46.2 Å². The van der Waals surface area contributed by atoms with Crippen molar-refractivity contribution in [3.63, 3.8) is 0 Å². The largest absolute Gasteiger partial charge is 0.508 e. The molecule has 1 aromatic carbocycles. The minimum Gasteiger partial charge on any atom is -0.508 e. The number of benzene rings is 1. The highest BCUT2D eigenvalue weighted by Gasteiger charge is 2.13. The number of rotatable bonds is 3. The fourth-order valence-electron chi connectivity index (χ4n) is 1.19. The lowest BCUT2D eigenvalue weighted by Gasteiger charge is -2.11. The lowest BCUT2D eigenvalue weighted by atomic mass is 10.0. The Morgan fingerprint density at radius 2 is 2.31 bits per heavy atom. The van der Waals surface area contributed by atoms with Crippen molar-refractivity contribution < 1.29 is 9.50 Å². The van der Waals surface area contributed by atoms with Crippen molar-refractivity contribution in [3.05, 3.63) is 42.2 Å². The SMILES string of the molecule is C=CC[C@@H](N)c1c(O)cccc1F. The molecule has 0 unspecified atom stereocenters. The molecule has 0 heterocycles. The first-order valence-corrected chi connectivity index (χ1v) is 4.00. The Kier molecular flexibility index (Phi) is 3.03. The summed E-state index contributed by atoms with van der Waals surface area (Å²) in [5.41, 5.74) is 5.79. The van der Waals surface area contributed by atoms with E-state index in [0.29, 0.717) is 6.42 Å². The van der Waals surface area contributed by atoms with E-state index in [-0.39, 0.29) is 11.3 Å². The molecule has 0 aliphatic heterocycles. The quantitative estimate of drug-likeness (QED) is 0.701. The maximum absolute atomic E-state index is 13.1. The van der Waals surface area contributed by atoms with E-state index in [0.717, 1.165) is 0 Å². The molecule has 3 heteroatoms. The molecule has 0 radical (unpaired) electrons. The van der Waals surface area contributed by atoms with Crippen LogP contribution in [0.15, 0.2) is 30.9 Å². The van der Waals surface area contributed by atoms with Gasteiger partial charge in [0.1, 0.15) is 11.6 Å². The zero-order valence-electron chi connectivity index (χ0n) is 7.20. The lowest BCUT2D eigenvalue weighted by molar-refractivity contribution is 0.449. The fraction of sp³-hybridized carbons (Fsp3) is 0.200. The number of hydrogen-bond acceptors (Lipinski definition) is 2. The first-order chi connectivity index (χ1) is 6.16. The summed E-state index contributed by atoms with van der Waals surface area (Å²) in [4.78, 5) is 0. The maximum atomic E-state index is 13.1. The van der Waals surface area contributed by atoms with Crippen molar-refractivity contribution in [2.45, 2.75) is 12.5 Å². The van der Waals surface area contributed by atoms with Gasteiger partial charge in [0.05, 0.1) is 0 Å². The molecule has 0 saturated carbocycles. The van der Waals surface area contributed by atoms with E-state index in [2.05, 4.69) is 6.58 Å². The molecule has 0 aliphatic carbocycles. The van der Waals surface area contributed by atoms with Crippen LogP contribution in [0.2, 0.25) is 0 Å². The summed E-state index contributed by atoms with van der Waals surface area (Å²) in [6.45, 7) is 3.50. The second-order valence-corrected chi connectivity index (χ2v) is 2.80. The molecular weight excluding hydrogens is 169 g/mol. The standard InChI is InChI=1S/C10H12FNO/c1-2-4-8(12)10-7(11)5-3-6-9(10)13/h2-3,5-6,8,13H,1,4,12H2/t8-/m1/s1. The molecule has 0 amide bonds. The molecule has 0 fully saturated rings. The van der Waals surface area contributed by atoms with E-state index in [9.17, 15) is 9.50 Å². The maximum Gasteiger partial charge on any atom is 0.131 e. The zero-order valence-corrected chi connectivity index (χ0v) is 7.20. The Hall–Kier alpha value is -1.35. The molecule has 13 heavy (non-hydrogen) atoms. The number of hydrogen-bond donors (Lipinski definition) is 2. The van der Waals surface area contributed by atoms with Crippen LogP contribution in [0.25, 0.3) is 0 Å². The van der Waals surface area contributed by atoms with Gasteiger partial charge < -0.3 is 10.8 Å². The molecule has 1 rings (SSSR count). The summed E-state index contributed by atoms with van der Waals surface area (Å²) in [6, 6.07) is 3.60. The van der Waals surface area contributed by atoms with E-state index in [4.69, 9.17) is 5.73 Å². The van der Waals surface area contributed by atoms with E-state index in [1.165, 1.54) is 18.2 Å². The van der Waals surface area contributed by atoms with E-state index in [1.54, 1.807) is 6.08 Å². The van der Waals surface area contributed by atoms with Crippen LogP contribution < -0.4 is 5.73 Å². The average molecular weight is 181 g/mol. The summed E-state index contributed by atoms with van der Waals surface area (Å²) in [6.07, 6.45) is 2.03. The minimum absolute atomic E-state index is 0.102. The van der Waals surface area contributed by atoms with E-state index >= 15 is 0 Å². The second kappa shape index (κ2) is 4.05. The van der Waals surface area contributed by atoms with Crippen LogP contribution in [0.5, 0.6) is 5.75 Å². The van der Waals surface area contributed by atoms with Gasteiger partial charge in [-0.15, -0.1) is 6.58 Å². The number of phenols is 1. The molecule has 70 valence electrons. The van der Waals surface area contributed by atoms with Crippen LogP contribution in [0, 0.1) is 5.82 Å². The van der Waals surface area contributed by atoms with Gasteiger partial charge in [-0.2, -0.15) is 0 Å². The fourth-order valence-corrected chi connectivity index (χ4v) is 1.19. The molecule has 0 bridgehead atoms. The van der Waals surface area contributed by atoms with Crippen LogP contribution in [-0.2, 0) is 0 Å². The first kappa shape index (κ1) is 9.74. The summed E-state index contributed by atoms with van der Waals surface area (Å²) in [7, 11) is 0. The molecule has 3 N–H and O–H groups in total. The third kappa shape index (κ3) is 2.06. The first-order valence-electron chi connectivity index (χ1n) is 4.00. The highest BCUT2D eigenvalue weighted by molar-refractivity contribution is 5.35. The average Bonchev–Trinajstić information content (AvgIpc) is 2.04. The van der Waals surface area contributed by atoms with E-state index < -0.39 is 11.9 Å². The van der Waals surface area contributed by atoms with Crippen LogP contribution in [-0.4, -0.2) is 5.11 Å². The normalized spacial score (nSPS) is 12.5. The van der Waals surface area contributed by atoms with Gasteiger partial charge in [-0.3, -0.25) is 0 Å². The molecule has 1 atom stereocenters. The van der Waals surface area contributed by atoms with Gasteiger partial charge in [0.25, 0.3) is 0 Å². The highest BCUT2D eigenvalue weighted by atomic mass is 19.1. The Morgan fingerprint density at radius 1 is 1.62 bits per heavy atom. The molecule has 0 saturated heterocycles. The second-order valence-electron chi connectivity index (χ2n) is 2.80. The van der Waals surface area contributed by atoms with Crippen LogP contribution >= 0.6 is 0 Å². The number of halogens is 1. The van der Waals surface area contributed by atoms with Crippen LogP contribution in [0.3, 0.4) is 0 Å². The van der Waals surface area contributed by atoms with Crippen molar-refractivity contribution >= 4 is 0 Å². The Morgan fingerprint density at radius 3 is 2.85 bits per heavy atom. The van der Waals surface area contributed by atoms with Crippen molar-refractivity contribution in [2.75, 3.05) is 0 Å². The number of phenolic OH excluding ortho intramolecular Hbond substituents is 1. The zero-order chi connectivity index (χ0) is 9.84. The van der Waals surface area contributed by atoms with Gasteiger partial charge in [0, 0.05) is 11.6 Å². The van der Waals surface area contributed by atoms with E-state index in [1.807, 2.05) is 0 Å². The Labute approximate surface area is 76.5 Å². The monoisotopic (exact) mass is 181 g/mol. The van der Waals surface area contributed by atoms with Gasteiger partial charge in [-0.1, -0.05) is 12.1 Å². The Balaban J connectivity index is 3.04. The van der Waals surface area contributed by atoms with Crippen molar-refractivity contribution in [2.24, 2.45) is 5.73 Å². The van der Waals surface area contributed by atoms with Gasteiger partial charge in [0.15, 0.2) is 0 Å². The van der Waals surface area contributed by atoms with Crippen molar-refractivity contribution in [1.82, 2.24) is 0 Å². The molecule has 0 spiro atoms. The predicted octanol–water partition coefficient (Wildman–Crippen LogP) is 2.11. The third-order valence-corrected chi connectivity index (χ3v) is 1.82. The Bertz CT molecular complexity index is 292. The predicted molar refractivity (Wildman–Crippen MR) is 49.8 cm³/mol. The molecule has 0 aliphatic rings. The van der Waals surface area contributed by atoms with Gasteiger partial charge in [-0.25, -0.2) is 4.39 Å². The summed E-state index contributed by atoms with van der Waals surface area (Å²) >= 11 is 0. The summed E-state index contributed by atoms with van der Waals surface area (Å²) < 4.78 is 13.1. The molecule has 0 aromatic heterocycles. The third-order valence-electron chi connectivity index (χ3n) is 1.82. The molecule has 2 nitrogen and oxygen atoms in total. The minimum atomic E-state index is -0.529. The lowest BCUT2D eigenvalue weighted by Crippen LogP contribution is -2.11. The van der Waals surface area contributed by atoms with Crippen molar-refractivity contribution in [3.8, 4) is 5.75 Å².